The van der Waals surface area contributed by atoms with Crippen molar-refractivity contribution in [1.29, 1.82) is 0 Å². The van der Waals surface area contributed by atoms with Gasteiger partial charge in [0.15, 0.2) is 0 Å². The molecule has 134 valence electrons. The number of rotatable bonds is 7. The van der Waals surface area contributed by atoms with Crippen molar-refractivity contribution < 1.29 is 13.2 Å². The van der Waals surface area contributed by atoms with Gasteiger partial charge < -0.3 is 4.74 Å². The third-order valence-corrected chi connectivity index (χ3v) is 6.35. The molecule has 0 radical (unpaired) electrons. The number of sulfonamides is 1. The van der Waals surface area contributed by atoms with E-state index >= 15 is 0 Å². The highest BCUT2D eigenvalue weighted by Crippen LogP contribution is 2.27. The Kier molecular flexibility index (Phi) is 5.39. The van der Waals surface area contributed by atoms with Crippen LogP contribution in [0.1, 0.15) is 30.5 Å². The lowest BCUT2D eigenvalue weighted by Gasteiger charge is -2.14. The number of pyridine rings is 1. The Morgan fingerprint density at radius 3 is 2.76 bits per heavy atom. The number of benzene rings is 1. The first-order chi connectivity index (χ1) is 11.9. The molecular weight excluding hydrogens is 336 g/mol. The summed E-state index contributed by atoms with van der Waals surface area (Å²) >= 11 is 0. The average Bonchev–Trinajstić information content (AvgIpc) is 2.96. The summed E-state index contributed by atoms with van der Waals surface area (Å²) in [4.78, 5) is 4.10. The molecule has 0 fully saturated rings. The second kappa shape index (κ2) is 7.54. The Morgan fingerprint density at radius 1 is 1.24 bits per heavy atom. The van der Waals surface area contributed by atoms with Gasteiger partial charge in [0, 0.05) is 24.9 Å². The van der Waals surface area contributed by atoms with Gasteiger partial charge in [0.2, 0.25) is 10.0 Å². The summed E-state index contributed by atoms with van der Waals surface area (Å²) in [5.74, 6) is 0.829. The molecule has 0 amide bonds. The summed E-state index contributed by atoms with van der Waals surface area (Å²) in [6.07, 6.45) is 5.85. The second-order valence-electron chi connectivity index (χ2n) is 6.71. The van der Waals surface area contributed by atoms with E-state index in [9.17, 15) is 8.42 Å². The van der Waals surface area contributed by atoms with Gasteiger partial charge in [-0.05, 0) is 61.6 Å². The third-order valence-electron chi connectivity index (χ3n) is 4.44. The van der Waals surface area contributed by atoms with E-state index in [4.69, 9.17) is 4.74 Å². The van der Waals surface area contributed by atoms with Crippen LogP contribution in [0.3, 0.4) is 0 Å². The zero-order valence-electron chi connectivity index (χ0n) is 14.6. The van der Waals surface area contributed by atoms with Crippen LogP contribution in [0.5, 0.6) is 5.75 Å². The second-order valence-corrected chi connectivity index (χ2v) is 8.98. The predicted octanol–water partition coefficient (Wildman–Crippen LogP) is 2.50. The molecule has 0 bridgehead atoms. The molecule has 2 aromatic rings. The maximum absolute atomic E-state index is 12.0. The van der Waals surface area contributed by atoms with Crippen LogP contribution in [0.15, 0.2) is 42.7 Å². The van der Waals surface area contributed by atoms with Gasteiger partial charge in [0.25, 0.3) is 0 Å². The highest BCUT2D eigenvalue weighted by atomic mass is 32.2. The first kappa shape index (κ1) is 17.9. The molecule has 1 atom stereocenters. The lowest BCUT2D eigenvalue weighted by Crippen LogP contribution is -2.39. The Balaban J connectivity index is 1.57. The summed E-state index contributed by atoms with van der Waals surface area (Å²) in [5, 5.41) is -0.414. The molecule has 25 heavy (non-hydrogen) atoms. The number of hydrogen-bond donors (Lipinski definition) is 1. The molecule has 0 aliphatic heterocycles. The SMILES string of the molecule is CC(C)S(=O)(=O)N[C@H]1Cc2ccc(OCCc3cccnc3)cc2C1. The molecule has 0 spiro atoms. The minimum atomic E-state index is -3.24. The number of fused-ring (bicyclic) bond motifs is 1. The van der Waals surface area contributed by atoms with Gasteiger partial charge in [0.05, 0.1) is 11.9 Å². The number of ether oxygens (including phenoxy) is 1. The van der Waals surface area contributed by atoms with Crippen LogP contribution >= 0.6 is 0 Å². The van der Waals surface area contributed by atoms with E-state index in [0.717, 1.165) is 29.7 Å². The lowest BCUT2D eigenvalue weighted by atomic mass is 10.1. The maximum atomic E-state index is 12.0. The molecule has 1 aromatic carbocycles. The molecule has 0 unspecified atom stereocenters. The van der Waals surface area contributed by atoms with Crippen molar-refractivity contribution in [3.8, 4) is 5.75 Å². The Morgan fingerprint density at radius 2 is 2.04 bits per heavy atom. The number of hydrogen-bond acceptors (Lipinski definition) is 4. The fraction of sp³-hybridized carbons (Fsp3) is 0.421. The molecule has 1 heterocycles. The van der Waals surface area contributed by atoms with Crippen LogP contribution < -0.4 is 9.46 Å². The van der Waals surface area contributed by atoms with E-state index in [1.165, 1.54) is 5.56 Å². The molecule has 1 aliphatic carbocycles. The van der Waals surface area contributed by atoms with Crippen molar-refractivity contribution >= 4 is 10.0 Å². The summed E-state index contributed by atoms with van der Waals surface area (Å²) in [5.41, 5.74) is 3.50. The highest BCUT2D eigenvalue weighted by Gasteiger charge is 2.27. The average molecular weight is 360 g/mol. The van der Waals surface area contributed by atoms with E-state index in [1.807, 2.05) is 36.5 Å². The summed E-state index contributed by atoms with van der Waals surface area (Å²) in [7, 11) is -3.24. The van der Waals surface area contributed by atoms with Crippen LogP contribution in [-0.2, 0) is 29.3 Å². The zero-order valence-corrected chi connectivity index (χ0v) is 15.4. The molecule has 1 N–H and O–H groups in total. The predicted molar refractivity (Wildman–Crippen MR) is 98.3 cm³/mol. The van der Waals surface area contributed by atoms with Gasteiger partial charge in [-0.15, -0.1) is 0 Å². The van der Waals surface area contributed by atoms with E-state index in [-0.39, 0.29) is 6.04 Å². The fourth-order valence-corrected chi connectivity index (χ4v) is 3.87. The quantitative estimate of drug-likeness (QED) is 0.824. The Bertz CT molecular complexity index is 820. The number of nitrogens with zero attached hydrogens (tertiary/aromatic N) is 1. The van der Waals surface area contributed by atoms with Crippen molar-refractivity contribution in [2.45, 2.75) is 44.4 Å². The van der Waals surface area contributed by atoms with Gasteiger partial charge >= 0.3 is 0 Å². The highest BCUT2D eigenvalue weighted by molar-refractivity contribution is 7.90. The Hall–Kier alpha value is -1.92. The van der Waals surface area contributed by atoms with E-state index in [1.54, 1.807) is 20.0 Å². The summed E-state index contributed by atoms with van der Waals surface area (Å²) in [6, 6.07) is 9.92. The molecule has 3 rings (SSSR count). The van der Waals surface area contributed by atoms with Gasteiger partial charge in [0.1, 0.15) is 5.75 Å². The van der Waals surface area contributed by atoms with Crippen molar-refractivity contribution in [3.05, 3.63) is 59.4 Å². The number of nitrogens with one attached hydrogen (secondary N) is 1. The minimum absolute atomic E-state index is 0.0620. The van der Waals surface area contributed by atoms with Gasteiger partial charge in [-0.1, -0.05) is 12.1 Å². The first-order valence-corrected chi connectivity index (χ1v) is 10.1. The lowest BCUT2D eigenvalue weighted by molar-refractivity contribution is 0.321. The smallest absolute Gasteiger partial charge is 0.214 e. The van der Waals surface area contributed by atoms with Gasteiger partial charge in [-0.2, -0.15) is 0 Å². The molecular formula is C19H24N2O3S. The van der Waals surface area contributed by atoms with E-state index < -0.39 is 15.3 Å². The first-order valence-electron chi connectivity index (χ1n) is 8.58. The zero-order chi connectivity index (χ0) is 17.9. The van der Waals surface area contributed by atoms with E-state index in [2.05, 4.69) is 9.71 Å². The standard InChI is InChI=1S/C19H24N2O3S/c1-14(2)25(22,23)21-18-10-16-5-6-19(12-17(16)11-18)24-9-7-15-4-3-8-20-13-15/h3-6,8,12-14,18,21H,7,9-11H2,1-2H3/t18-/m0/s1. The number of aromatic nitrogens is 1. The van der Waals surface area contributed by atoms with Gasteiger partial charge in [-0.25, -0.2) is 13.1 Å². The van der Waals surface area contributed by atoms with Crippen LogP contribution in [0, 0.1) is 0 Å². The third kappa shape index (κ3) is 4.58. The molecule has 1 aliphatic rings. The van der Waals surface area contributed by atoms with E-state index in [0.29, 0.717) is 13.0 Å². The summed E-state index contributed by atoms with van der Waals surface area (Å²) in [6.45, 7) is 3.98. The maximum Gasteiger partial charge on any atom is 0.214 e. The molecule has 0 saturated carbocycles. The summed E-state index contributed by atoms with van der Waals surface area (Å²) < 4.78 is 32.7. The van der Waals surface area contributed by atoms with Gasteiger partial charge in [-0.3, -0.25) is 4.98 Å². The van der Waals surface area contributed by atoms with Crippen LogP contribution in [0.25, 0.3) is 0 Å². The fourth-order valence-electron chi connectivity index (χ4n) is 2.97. The van der Waals surface area contributed by atoms with Crippen molar-refractivity contribution in [3.63, 3.8) is 0 Å². The van der Waals surface area contributed by atoms with Crippen molar-refractivity contribution in [2.75, 3.05) is 6.61 Å². The molecule has 6 heteroatoms. The topological polar surface area (TPSA) is 68.3 Å². The molecule has 5 nitrogen and oxygen atoms in total. The Labute approximate surface area is 149 Å². The van der Waals surface area contributed by atoms with Crippen molar-refractivity contribution in [2.24, 2.45) is 0 Å². The van der Waals surface area contributed by atoms with Crippen molar-refractivity contribution in [1.82, 2.24) is 9.71 Å². The minimum Gasteiger partial charge on any atom is -0.493 e. The van der Waals surface area contributed by atoms with Crippen LogP contribution in [0.4, 0.5) is 0 Å². The van der Waals surface area contributed by atoms with Crippen LogP contribution in [0.2, 0.25) is 0 Å². The van der Waals surface area contributed by atoms with Crippen LogP contribution in [-0.4, -0.2) is 31.3 Å². The largest absolute Gasteiger partial charge is 0.493 e. The monoisotopic (exact) mass is 360 g/mol. The molecule has 0 saturated heterocycles. The normalized spacial score (nSPS) is 16.8. The molecule has 1 aromatic heterocycles.